The van der Waals surface area contributed by atoms with Crippen LogP contribution in [0.15, 0.2) is 48.7 Å². The van der Waals surface area contributed by atoms with E-state index in [1.54, 1.807) is 0 Å². The molecule has 0 radical (unpaired) electrons. The fourth-order valence-electron chi connectivity index (χ4n) is 3.40. The topological polar surface area (TPSA) is 62.5 Å². The molecule has 9 heteroatoms. The molecule has 1 atom stereocenters. The number of hydrogen-bond donors (Lipinski definition) is 1. The van der Waals surface area contributed by atoms with Crippen molar-refractivity contribution in [2.45, 2.75) is 19.0 Å². The number of piperidine rings is 1. The summed E-state index contributed by atoms with van der Waals surface area (Å²) in [6.07, 6.45) is -2.01. The number of carbonyl (C=O) groups excluding carboxylic acids is 1. The largest absolute Gasteiger partial charge is 0.417 e. The summed E-state index contributed by atoms with van der Waals surface area (Å²) in [7, 11) is 0. The number of aromatic nitrogens is 3. The maximum Gasteiger partial charge on any atom is 0.417 e. The molecule has 0 saturated carbocycles. The van der Waals surface area contributed by atoms with Gasteiger partial charge in [0.1, 0.15) is 0 Å². The van der Waals surface area contributed by atoms with E-state index in [4.69, 9.17) is 0 Å². The van der Waals surface area contributed by atoms with Crippen LogP contribution in [0.3, 0.4) is 0 Å². The van der Waals surface area contributed by atoms with Crippen LogP contribution in [0.4, 0.5) is 24.8 Å². The lowest BCUT2D eigenvalue weighted by Crippen LogP contribution is -2.41. The number of pyridine rings is 1. The molecule has 0 unspecified atom stereocenters. The molecule has 3 heterocycles. The first-order valence-corrected chi connectivity index (χ1v) is 8.94. The van der Waals surface area contributed by atoms with E-state index < -0.39 is 11.7 Å². The minimum atomic E-state index is -4.45. The molecule has 1 N–H and O–H groups in total. The molecule has 1 saturated heterocycles. The molecule has 0 bridgehead atoms. The highest BCUT2D eigenvalue weighted by atomic mass is 19.4. The number of rotatable bonds is 3. The van der Waals surface area contributed by atoms with E-state index in [0.29, 0.717) is 36.8 Å². The third-order valence-corrected chi connectivity index (χ3v) is 4.83. The molecule has 4 rings (SSSR count). The minimum Gasteiger partial charge on any atom is -0.340 e. The van der Waals surface area contributed by atoms with Crippen LogP contribution in [0.25, 0.3) is 5.65 Å². The van der Waals surface area contributed by atoms with Gasteiger partial charge in [-0.3, -0.25) is 9.20 Å². The van der Waals surface area contributed by atoms with Gasteiger partial charge in [-0.15, -0.1) is 10.2 Å². The van der Waals surface area contributed by atoms with Crippen molar-refractivity contribution in [3.8, 4) is 0 Å². The standard InChI is InChI=1S/C19H18F3N5O/c20-19(21,22)14-8-9-16-24-25-18(27(16)12-14)26-10-4-5-13(11-26)17(28)23-15-6-2-1-3-7-15/h1-3,6-9,12-13H,4-5,10-11H2,(H,23,28)/t13-/m0/s1. The van der Waals surface area contributed by atoms with Crippen molar-refractivity contribution in [1.29, 1.82) is 0 Å². The van der Waals surface area contributed by atoms with Crippen molar-refractivity contribution in [2.75, 3.05) is 23.3 Å². The monoisotopic (exact) mass is 389 g/mol. The molecule has 1 amide bonds. The normalized spacial score (nSPS) is 17.7. The molecule has 1 aromatic carbocycles. The highest BCUT2D eigenvalue weighted by molar-refractivity contribution is 5.93. The van der Waals surface area contributed by atoms with Gasteiger partial charge in [-0.25, -0.2) is 0 Å². The van der Waals surface area contributed by atoms with Gasteiger partial charge >= 0.3 is 6.18 Å². The Kier molecular flexibility index (Phi) is 4.66. The van der Waals surface area contributed by atoms with Gasteiger partial charge in [0.05, 0.1) is 11.5 Å². The first kappa shape index (κ1) is 18.3. The summed E-state index contributed by atoms with van der Waals surface area (Å²) in [6.45, 7) is 0.974. The number of nitrogens with one attached hydrogen (secondary N) is 1. The third kappa shape index (κ3) is 3.64. The number of benzene rings is 1. The fourth-order valence-corrected chi connectivity index (χ4v) is 3.40. The Balaban J connectivity index is 1.55. The van der Waals surface area contributed by atoms with Crippen molar-refractivity contribution in [1.82, 2.24) is 14.6 Å². The Labute approximate surface area is 159 Å². The van der Waals surface area contributed by atoms with Crippen LogP contribution in [0.2, 0.25) is 0 Å². The van der Waals surface area contributed by atoms with Gasteiger partial charge in [0, 0.05) is 25.0 Å². The molecule has 0 aliphatic carbocycles. The zero-order valence-corrected chi connectivity index (χ0v) is 14.9. The van der Waals surface area contributed by atoms with Gasteiger partial charge in [-0.1, -0.05) is 18.2 Å². The molecular weight excluding hydrogens is 371 g/mol. The summed E-state index contributed by atoms with van der Waals surface area (Å²) in [5.74, 6) is -0.0777. The first-order chi connectivity index (χ1) is 13.4. The summed E-state index contributed by atoms with van der Waals surface area (Å²) in [5, 5.41) is 10.9. The maximum absolute atomic E-state index is 13.1. The fraction of sp³-hybridized carbons (Fsp3) is 0.316. The lowest BCUT2D eigenvalue weighted by molar-refractivity contribution is -0.137. The molecule has 3 aromatic rings. The second kappa shape index (κ2) is 7.14. The smallest absolute Gasteiger partial charge is 0.340 e. The number of amides is 1. The predicted molar refractivity (Wildman–Crippen MR) is 98.0 cm³/mol. The van der Waals surface area contributed by atoms with Gasteiger partial charge in [0.2, 0.25) is 11.9 Å². The number of fused-ring (bicyclic) bond motifs is 1. The highest BCUT2D eigenvalue weighted by Gasteiger charge is 2.32. The van der Waals surface area contributed by atoms with Crippen LogP contribution >= 0.6 is 0 Å². The average Bonchev–Trinajstić information content (AvgIpc) is 3.11. The van der Waals surface area contributed by atoms with Crippen LogP contribution in [0, 0.1) is 5.92 Å². The van der Waals surface area contributed by atoms with E-state index in [0.717, 1.165) is 18.7 Å². The van der Waals surface area contributed by atoms with Crippen molar-refractivity contribution >= 4 is 23.2 Å². The van der Waals surface area contributed by atoms with Crippen molar-refractivity contribution in [2.24, 2.45) is 5.92 Å². The second-order valence-corrected chi connectivity index (χ2v) is 6.78. The second-order valence-electron chi connectivity index (χ2n) is 6.78. The number of para-hydroxylation sites is 1. The third-order valence-electron chi connectivity index (χ3n) is 4.83. The molecule has 1 fully saturated rings. The number of nitrogens with zero attached hydrogens (tertiary/aromatic N) is 4. The molecule has 146 valence electrons. The lowest BCUT2D eigenvalue weighted by atomic mass is 9.97. The van der Waals surface area contributed by atoms with Gasteiger partial charge < -0.3 is 10.2 Å². The number of carbonyl (C=O) groups is 1. The van der Waals surface area contributed by atoms with Gasteiger partial charge in [-0.05, 0) is 37.1 Å². The molecule has 1 aliphatic heterocycles. The average molecular weight is 389 g/mol. The zero-order chi connectivity index (χ0) is 19.7. The zero-order valence-electron chi connectivity index (χ0n) is 14.9. The lowest BCUT2D eigenvalue weighted by Gasteiger charge is -2.32. The highest BCUT2D eigenvalue weighted by Crippen LogP contribution is 2.30. The van der Waals surface area contributed by atoms with Gasteiger partial charge in [-0.2, -0.15) is 13.2 Å². The molecule has 1 aliphatic rings. The number of halogens is 3. The van der Waals surface area contributed by atoms with E-state index >= 15 is 0 Å². The van der Waals surface area contributed by atoms with E-state index in [9.17, 15) is 18.0 Å². The molecular formula is C19H18F3N5O. The summed E-state index contributed by atoms with van der Waals surface area (Å²) < 4.78 is 40.5. The Morgan fingerprint density at radius 1 is 1.11 bits per heavy atom. The summed E-state index contributed by atoms with van der Waals surface area (Å²) in [5.41, 5.74) is 0.280. The van der Waals surface area contributed by atoms with Crippen molar-refractivity contribution < 1.29 is 18.0 Å². The van der Waals surface area contributed by atoms with E-state index in [2.05, 4.69) is 15.5 Å². The molecule has 28 heavy (non-hydrogen) atoms. The van der Waals surface area contributed by atoms with E-state index in [1.807, 2.05) is 35.2 Å². The van der Waals surface area contributed by atoms with Gasteiger partial charge in [0.15, 0.2) is 5.65 Å². The SMILES string of the molecule is O=C(Nc1ccccc1)[C@H]1CCCN(c2nnc3ccc(C(F)(F)F)cn23)C1. The number of alkyl halides is 3. The Morgan fingerprint density at radius 2 is 1.89 bits per heavy atom. The van der Waals surface area contributed by atoms with Crippen LogP contribution in [-0.4, -0.2) is 33.6 Å². The van der Waals surface area contributed by atoms with Crippen LogP contribution in [0.5, 0.6) is 0 Å². The van der Waals surface area contributed by atoms with Gasteiger partial charge in [0.25, 0.3) is 0 Å². The van der Waals surface area contributed by atoms with Crippen LogP contribution in [-0.2, 0) is 11.0 Å². The molecule has 0 spiro atoms. The first-order valence-electron chi connectivity index (χ1n) is 8.94. The summed E-state index contributed by atoms with van der Waals surface area (Å²) in [4.78, 5) is 14.4. The summed E-state index contributed by atoms with van der Waals surface area (Å²) >= 11 is 0. The van der Waals surface area contributed by atoms with Crippen molar-refractivity contribution in [3.63, 3.8) is 0 Å². The maximum atomic E-state index is 13.1. The van der Waals surface area contributed by atoms with E-state index in [1.165, 1.54) is 10.5 Å². The Morgan fingerprint density at radius 3 is 2.64 bits per heavy atom. The summed E-state index contributed by atoms with van der Waals surface area (Å²) in [6, 6.07) is 11.4. The van der Waals surface area contributed by atoms with E-state index in [-0.39, 0.29) is 11.8 Å². The van der Waals surface area contributed by atoms with Crippen LogP contribution in [0.1, 0.15) is 18.4 Å². The number of anilines is 2. The Hall–Kier alpha value is -3.10. The molecule has 2 aromatic heterocycles. The molecule has 6 nitrogen and oxygen atoms in total. The quantitative estimate of drug-likeness (QED) is 0.744. The minimum absolute atomic E-state index is 0.110. The van der Waals surface area contributed by atoms with Crippen molar-refractivity contribution in [3.05, 3.63) is 54.2 Å². The number of hydrogen-bond acceptors (Lipinski definition) is 4. The Bertz CT molecular complexity index is 986. The predicted octanol–water partition coefficient (Wildman–Crippen LogP) is 3.60. The van der Waals surface area contributed by atoms with Crippen LogP contribution < -0.4 is 10.2 Å².